The molecule has 1 saturated heterocycles. The number of hydrogen-bond donors (Lipinski definition) is 4. The second kappa shape index (κ2) is 6.38. The van der Waals surface area contributed by atoms with Crippen LogP contribution in [0.4, 0.5) is 4.79 Å². The predicted molar refractivity (Wildman–Crippen MR) is 74.5 cm³/mol. The summed E-state index contributed by atoms with van der Waals surface area (Å²) in [6, 6.07) is -1.32. The molecule has 8 heteroatoms. The van der Waals surface area contributed by atoms with Gasteiger partial charge in [0.05, 0.1) is 12.1 Å². The zero-order chi connectivity index (χ0) is 15.4. The predicted octanol–water partition coefficient (Wildman–Crippen LogP) is -0.327. The van der Waals surface area contributed by atoms with Crippen molar-refractivity contribution in [2.45, 2.75) is 39.2 Å². The highest BCUT2D eigenvalue weighted by Gasteiger charge is 2.30. The Labute approximate surface area is 122 Å². The van der Waals surface area contributed by atoms with E-state index in [0.717, 1.165) is 24.2 Å². The van der Waals surface area contributed by atoms with Gasteiger partial charge in [0, 0.05) is 12.2 Å². The molecule has 0 saturated carbocycles. The van der Waals surface area contributed by atoms with Gasteiger partial charge in [0.25, 0.3) is 5.91 Å². The molecule has 1 unspecified atom stereocenters. The minimum atomic E-state index is -0.768. The third kappa shape index (κ3) is 3.80. The first kappa shape index (κ1) is 15.0. The number of hydrogen-bond acceptors (Lipinski definition) is 4. The van der Waals surface area contributed by atoms with Crippen molar-refractivity contribution in [1.82, 2.24) is 26.1 Å². The van der Waals surface area contributed by atoms with Crippen molar-refractivity contribution < 1.29 is 14.4 Å². The summed E-state index contributed by atoms with van der Waals surface area (Å²) in [5, 5.41) is 14.3. The number of imide groups is 1. The highest BCUT2D eigenvalue weighted by atomic mass is 16.2. The lowest BCUT2D eigenvalue weighted by atomic mass is 10.1. The number of aromatic amines is 1. The Bertz CT molecular complexity index is 547. The van der Waals surface area contributed by atoms with Gasteiger partial charge in [-0.2, -0.15) is 5.10 Å². The first-order valence-electron chi connectivity index (χ1n) is 6.86. The third-order valence-electron chi connectivity index (χ3n) is 3.45. The summed E-state index contributed by atoms with van der Waals surface area (Å²) >= 11 is 0. The maximum Gasteiger partial charge on any atom is 0.322 e. The van der Waals surface area contributed by atoms with E-state index in [-0.39, 0.29) is 12.3 Å². The minimum Gasteiger partial charge on any atom is -0.356 e. The highest BCUT2D eigenvalue weighted by molar-refractivity contribution is 6.05. The molecule has 2 heterocycles. The fraction of sp³-hybridized carbons (Fsp3) is 0.538. The molecule has 4 N–H and O–H groups in total. The van der Waals surface area contributed by atoms with Crippen LogP contribution in [-0.2, 0) is 16.0 Å². The van der Waals surface area contributed by atoms with E-state index in [1.54, 1.807) is 0 Å². The van der Waals surface area contributed by atoms with Crippen LogP contribution in [0.2, 0.25) is 0 Å². The standard InChI is InChI=1S/C13H19N5O3/c1-7-9(8(2)18-17-7)4-3-5-14-11(19)6-10-12(20)16-13(21)15-10/h10H,3-6H2,1-2H3,(H,14,19)(H,17,18)(H2,15,16,20,21). The third-order valence-corrected chi connectivity index (χ3v) is 3.45. The van der Waals surface area contributed by atoms with Gasteiger partial charge in [0.1, 0.15) is 6.04 Å². The molecule has 21 heavy (non-hydrogen) atoms. The topological polar surface area (TPSA) is 116 Å². The van der Waals surface area contributed by atoms with Crippen LogP contribution in [0.25, 0.3) is 0 Å². The van der Waals surface area contributed by atoms with E-state index in [1.165, 1.54) is 5.56 Å². The Morgan fingerprint density at radius 3 is 2.67 bits per heavy atom. The number of nitrogens with one attached hydrogen (secondary N) is 4. The Balaban J connectivity index is 1.68. The number of aryl methyl sites for hydroxylation is 2. The van der Waals surface area contributed by atoms with Crippen molar-refractivity contribution >= 4 is 17.8 Å². The van der Waals surface area contributed by atoms with E-state index >= 15 is 0 Å². The van der Waals surface area contributed by atoms with Gasteiger partial charge in [-0.3, -0.25) is 20.0 Å². The number of carbonyl (C=O) groups is 3. The summed E-state index contributed by atoms with van der Waals surface area (Å²) in [5.41, 5.74) is 3.19. The van der Waals surface area contributed by atoms with Crippen LogP contribution < -0.4 is 16.0 Å². The lowest BCUT2D eigenvalue weighted by molar-refractivity contribution is -0.126. The molecule has 1 aromatic heterocycles. The zero-order valence-electron chi connectivity index (χ0n) is 12.1. The Morgan fingerprint density at radius 2 is 2.10 bits per heavy atom. The molecule has 0 aliphatic carbocycles. The Morgan fingerprint density at radius 1 is 1.33 bits per heavy atom. The average molecular weight is 293 g/mol. The zero-order valence-corrected chi connectivity index (χ0v) is 12.1. The molecule has 1 atom stereocenters. The first-order chi connectivity index (χ1) is 9.97. The molecule has 4 amide bonds. The van der Waals surface area contributed by atoms with Crippen molar-refractivity contribution in [2.24, 2.45) is 0 Å². The molecule has 1 aliphatic heterocycles. The fourth-order valence-electron chi connectivity index (χ4n) is 2.30. The maximum atomic E-state index is 11.7. The van der Waals surface area contributed by atoms with Gasteiger partial charge in [-0.1, -0.05) is 0 Å². The number of amides is 4. The van der Waals surface area contributed by atoms with Gasteiger partial charge >= 0.3 is 6.03 Å². The number of carbonyl (C=O) groups excluding carboxylic acids is 3. The molecule has 0 radical (unpaired) electrons. The van der Waals surface area contributed by atoms with Crippen LogP contribution in [0.15, 0.2) is 0 Å². The molecular weight excluding hydrogens is 274 g/mol. The second-order valence-corrected chi connectivity index (χ2v) is 5.09. The molecule has 114 valence electrons. The summed E-state index contributed by atoms with van der Waals surface area (Å²) in [7, 11) is 0. The van der Waals surface area contributed by atoms with E-state index in [4.69, 9.17) is 0 Å². The summed E-state index contributed by atoms with van der Waals surface area (Å²) in [5.74, 6) is -0.710. The molecule has 1 aromatic rings. The highest BCUT2D eigenvalue weighted by Crippen LogP contribution is 2.11. The number of aromatic nitrogens is 2. The molecule has 8 nitrogen and oxygen atoms in total. The SMILES string of the molecule is Cc1n[nH]c(C)c1CCCNC(=O)CC1NC(=O)NC1=O. The van der Waals surface area contributed by atoms with Crippen molar-refractivity contribution in [1.29, 1.82) is 0 Å². The minimum absolute atomic E-state index is 0.0403. The van der Waals surface area contributed by atoms with Crippen molar-refractivity contribution in [2.75, 3.05) is 6.54 Å². The largest absolute Gasteiger partial charge is 0.356 e. The Hall–Kier alpha value is -2.38. The van der Waals surface area contributed by atoms with Crippen LogP contribution in [-0.4, -0.2) is 40.6 Å². The van der Waals surface area contributed by atoms with Gasteiger partial charge in [-0.15, -0.1) is 0 Å². The van der Waals surface area contributed by atoms with Crippen molar-refractivity contribution in [3.05, 3.63) is 17.0 Å². The lowest BCUT2D eigenvalue weighted by Crippen LogP contribution is -2.36. The first-order valence-corrected chi connectivity index (χ1v) is 6.86. The number of nitrogens with zero attached hydrogens (tertiary/aromatic N) is 1. The van der Waals surface area contributed by atoms with Gasteiger partial charge in [0.15, 0.2) is 0 Å². The fourth-order valence-corrected chi connectivity index (χ4v) is 2.30. The molecule has 2 rings (SSSR count). The molecule has 1 aliphatic rings. The van der Waals surface area contributed by atoms with Crippen LogP contribution >= 0.6 is 0 Å². The molecule has 1 fully saturated rings. The van der Waals surface area contributed by atoms with Crippen LogP contribution in [0.3, 0.4) is 0 Å². The van der Waals surface area contributed by atoms with Gasteiger partial charge in [-0.25, -0.2) is 4.79 Å². The quantitative estimate of drug-likeness (QED) is 0.424. The monoisotopic (exact) mass is 293 g/mol. The maximum absolute atomic E-state index is 11.7. The number of H-pyrrole nitrogens is 1. The normalized spacial score (nSPS) is 17.5. The van der Waals surface area contributed by atoms with E-state index in [1.807, 2.05) is 13.8 Å². The number of rotatable bonds is 6. The van der Waals surface area contributed by atoms with E-state index in [0.29, 0.717) is 6.54 Å². The smallest absolute Gasteiger partial charge is 0.322 e. The van der Waals surface area contributed by atoms with E-state index in [2.05, 4.69) is 26.1 Å². The summed E-state index contributed by atoms with van der Waals surface area (Å²) < 4.78 is 0. The van der Waals surface area contributed by atoms with E-state index in [9.17, 15) is 14.4 Å². The van der Waals surface area contributed by atoms with Crippen LogP contribution in [0.1, 0.15) is 29.8 Å². The average Bonchev–Trinajstić information content (AvgIpc) is 2.89. The van der Waals surface area contributed by atoms with Crippen molar-refractivity contribution in [3.63, 3.8) is 0 Å². The van der Waals surface area contributed by atoms with Crippen LogP contribution in [0, 0.1) is 13.8 Å². The summed E-state index contributed by atoms with van der Waals surface area (Å²) in [4.78, 5) is 33.9. The van der Waals surface area contributed by atoms with Gasteiger partial charge in [0.2, 0.25) is 5.91 Å². The number of urea groups is 1. The second-order valence-electron chi connectivity index (χ2n) is 5.09. The lowest BCUT2D eigenvalue weighted by Gasteiger charge is -2.08. The molecule has 0 bridgehead atoms. The Kier molecular flexibility index (Phi) is 4.56. The van der Waals surface area contributed by atoms with E-state index < -0.39 is 18.0 Å². The molecule has 0 spiro atoms. The molecule has 0 aromatic carbocycles. The summed E-state index contributed by atoms with van der Waals surface area (Å²) in [6.45, 7) is 4.43. The molecular formula is C13H19N5O3. The van der Waals surface area contributed by atoms with Gasteiger partial charge < -0.3 is 10.6 Å². The van der Waals surface area contributed by atoms with Gasteiger partial charge in [-0.05, 0) is 32.3 Å². The van der Waals surface area contributed by atoms with Crippen molar-refractivity contribution in [3.8, 4) is 0 Å². The summed E-state index contributed by atoms with van der Waals surface area (Å²) in [6.07, 6.45) is 1.58. The van der Waals surface area contributed by atoms with Crippen LogP contribution in [0.5, 0.6) is 0 Å².